The van der Waals surface area contributed by atoms with Gasteiger partial charge in [-0.2, -0.15) is 0 Å². The van der Waals surface area contributed by atoms with Gasteiger partial charge >= 0.3 is 0 Å². The number of para-hydroxylation sites is 1. The topological polar surface area (TPSA) is 13.1 Å². The molecule has 43 heavy (non-hydrogen) atoms. The largest absolute Gasteiger partial charge is 0.456 e. The van der Waals surface area contributed by atoms with Gasteiger partial charge in [-0.25, -0.2) is 0 Å². The summed E-state index contributed by atoms with van der Waals surface area (Å²) in [5.74, 6) is 0. The van der Waals surface area contributed by atoms with Crippen LogP contribution in [0.3, 0.4) is 0 Å². The van der Waals surface area contributed by atoms with Crippen molar-refractivity contribution in [3.8, 4) is 33.4 Å². The van der Waals surface area contributed by atoms with Crippen molar-refractivity contribution < 1.29 is 12.6 Å². The lowest BCUT2D eigenvalue weighted by atomic mass is 9.82. The monoisotopic (exact) mass is 552 g/mol. The zero-order chi connectivity index (χ0) is 33.6. The molecule has 0 saturated carbocycles. The molecule has 9 aromatic rings. The van der Waals surface area contributed by atoms with E-state index in [1.807, 2.05) is 60.7 Å². The molecule has 0 fully saturated rings. The van der Waals surface area contributed by atoms with Gasteiger partial charge in [0.25, 0.3) is 0 Å². The third-order valence-electron chi connectivity index (χ3n) is 8.38. The van der Waals surface area contributed by atoms with Gasteiger partial charge in [0.2, 0.25) is 0 Å². The van der Waals surface area contributed by atoms with Crippen LogP contribution >= 0.6 is 0 Å². The number of benzene rings is 8. The van der Waals surface area contributed by atoms with Crippen LogP contribution in [0.1, 0.15) is 8.22 Å². The Labute approximate surface area is 257 Å². The molecule has 0 radical (unpaired) electrons. The molecule has 0 aliphatic heterocycles. The molecule has 200 valence electrons. The molecule has 0 aliphatic rings. The summed E-state index contributed by atoms with van der Waals surface area (Å²) in [6.45, 7) is 0. The third-order valence-corrected chi connectivity index (χ3v) is 8.38. The summed E-state index contributed by atoms with van der Waals surface area (Å²) >= 11 is 0. The van der Waals surface area contributed by atoms with Crippen LogP contribution in [0.4, 0.5) is 0 Å². The second-order valence-corrected chi connectivity index (χ2v) is 10.7. The molecule has 0 atom stereocenters. The minimum Gasteiger partial charge on any atom is -0.456 e. The third kappa shape index (κ3) is 3.65. The summed E-state index contributed by atoms with van der Waals surface area (Å²) in [5, 5.41) is 6.39. The Morgan fingerprint density at radius 3 is 1.70 bits per heavy atom. The Kier molecular flexibility index (Phi) is 4.11. The molecule has 0 bridgehead atoms. The van der Waals surface area contributed by atoms with Crippen molar-refractivity contribution in [3.63, 3.8) is 0 Å². The lowest BCUT2D eigenvalue weighted by Crippen LogP contribution is -1.93. The fourth-order valence-corrected chi connectivity index (χ4v) is 6.53. The second kappa shape index (κ2) is 9.44. The Bertz CT molecular complexity index is 2780. The molecule has 0 unspecified atom stereocenters. The number of hydrogen-bond donors (Lipinski definition) is 0. The molecule has 9 rings (SSSR count). The summed E-state index contributed by atoms with van der Waals surface area (Å²) in [6.07, 6.45) is 0. The number of fused-ring (bicyclic) bond motifs is 6. The first-order valence-corrected chi connectivity index (χ1v) is 14.3. The van der Waals surface area contributed by atoms with E-state index in [4.69, 9.17) is 9.90 Å². The molecule has 0 aliphatic carbocycles. The molecule has 1 heteroatoms. The van der Waals surface area contributed by atoms with E-state index in [-0.39, 0.29) is 46.1 Å². The van der Waals surface area contributed by atoms with Gasteiger partial charge in [0.15, 0.2) is 0 Å². The molecule has 0 saturated heterocycles. The normalized spacial score (nSPS) is 13.7. The van der Waals surface area contributed by atoms with E-state index < -0.39 is 12.1 Å². The van der Waals surface area contributed by atoms with Gasteiger partial charge in [-0.3, -0.25) is 0 Å². The highest BCUT2D eigenvalue weighted by molar-refractivity contribution is 6.25. The highest BCUT2D eigenvalue weighted by Gasteiger charge is 2.21. The van der Waals surface area contributed by atoms with Crippen LogP contribution in [-0.2, 0) is 0 Å². The van der Waals surface area contributed by atoms with Gasteiger partial charge in [0, 0.05) is 10.8 Å². The van der Waals surface area contributed by atoms with Gasteiger partial charge in [-0.05, 0) is 83.8 Å². The van der Waals surface area contributed by atoms with E-state index in [9.17, 15) is 2.74 Å². The summed E-state index contributed by atoms with van der Waals surface area (Å²) in [7, 11) is 0. The Morgan fingerprint density at radius 2 is 0.977 bits per heavy atom. The Morgan fingerprint density at radius 1 is 0.395 bits per heavy atom. The van der Waals surface area contributed by atoms with Crippen LogP contribution < -0.4 is 0 Å². The van der Waals surface area contributed by atoms with E-state index >= 15 is 0 Å². The zero-order valence-corrected chi connectivity index (χ0v) is 23.0. The standard InChI is InChI=1S/C42H26O/c1-2-13-28(14-3-1)36-26-40-37(30-18-10-11-24-39(30)43-40)25-38(36)42-34-21-8-6-19-32(34)41(33-20-7-9-22-35(33)42)31-23-12-16-27-15-4-5-17-29(27)31/h1-26H/i10D,11D,18D,24D,25D,26D. The summed E-state index contributed by atoms with van der Waals surface area (Å²) in [4.78, 5) is 0. The van der Waals surface area contributed by atoms with Gasteiger partial charge < -0.3 is 4.42 Å². The average molecular weight is 553 g/mol. The zero-order valence-electron chi connectivity index (χ0n) is 29.0. The summed E-state index contributed by atoms with van der Waals surface area (Å²) < 4.78 is 59.9. The first kappa shape index (κ1) is 18.7. The van der Waals surface area contributed by atoms with Crippen LogP contribution in [0.25, 0.3) is 87.6 Å². The lowest BCUT2D eigenvalue weighted by molar-refractivity contribution is 0.669. The molecule has 0 spiro atoms. The second-order valence-electron chi connectivity index (χ2n) is 10.7. The summed E-state index contributed by atoms with van der Waals surface area (Å²) in [5.41, 5.74) is 4.70. The minimum atomic E-state index is -0.417. The van der Waals surface area contributed by atoms with E-state index in [2.05, 4.69) is 60.7 Å². The Hall–Kier alpha value is -5.66. The highest BCUT2D eigenvalue weighted by atomic mass is 16.3. The van der Waals surface area contributed by atoms with Crippen molar-refractivity contribution in [1.29, 1.82) is 0 Å². The van der Waals surface area contributed by atoms with Crippen molar-refractivity contribution in [2.45, 2.75) is 0 Å². The van der Waals surface area contributed by atoms with Crippen LogP contribution in [0.2, 0.25) is 0 Å². The molecular formula is C42H26O. The molecule has 1 heterocycles. The average Bonchev–Trinajstić information content (AvgIpc) is 3.56. The molecule has 1 aromatic heterocycles. The fraction of sp³-hybridized carbons (Fsp3) is 0. The van der Waals surface area contributed by atoms with Crippen molar-refractivity contribution in [2.75, 3.05) is 0 Å². The van der Waals surface area contributed by atoms with E-state index in [0.29, 0.717) is 11.1 Å². The maximum atomic E-state index is 9.93. The van der Waals surface area contributed by atoms with Crippen molar-refractivity contribution in [2.24, 2.45) is 0 Å². The molecule has 0 N–H and O–H groups in total. The predicted octanol–water partition coefficient (Wildman–Crippen LogP) is 12.0. The van der Waals surface area contributed by atoms with Crippen molar-refractivity contribution in [1.82, 2.24) is 0 Å². The lowest BCUT2D eigenvalue weighted by Gasteiger charge is -2.20. The fourth-order valence-electron chi connectivity index (χ4n) is 6.53. The first-order valence-electron chi connectivity index (χ1n) is 17.3. The SMILES string of the molecule is [2H]c1c([2H])c([2H])c2c(oc3c([2H])c(-c4ccccc4)c(-c4c5ccccc5c(-c5cccc6ccccc56)c5ccccc45)c([2H])c32)c1[2H]. The predicted molar refractivity (Wildman–Crippen MR) is 183 cm³/mol. The van der Waals surface area contributed by atoms with Crippen LogP contribution in [0, 0.1) is 0 Å². The van der Waals surface area contributed by atoms with Crippen LogP contribution in [-0.4, -0.2) is 0 Å². The smallest absolute Gasteiger partial charge is 0.136 e. The summed E-state index contributed by atoms with van der Waals surface area (Å²) in [6, 6.07) is 39.2. The van der Waals surface area contributed by atoms with Gasteiger partial charge in [-0.1, -0.05) is 139 Å². The van der Waals surface area contributed by atoms with Gasteiger partial charge in [0.1, 0.15) is 11.2 Å². The number of hydrogen-bond acceptors (Lipinski definition) is 1. The minimum absolute atomic E-state index is 0.0200. The van der Waals surface area contributed by atoms with Gasteiger partial charge in [0.05, 0.1) is 8.22 Å². The van der Waals surface area contributed by atoms with E-state index in [1.54, 1.807) is 0 Å². The maximum Gasteiger partial charge on any atom is 0.136 e. The van der Waals surface area contributed by atoms with Crippen molar-refractivity contribution in [3.05, 3.63) is 158 Å². The number of furan rings is 1. The van der Waals surface area contributed by atoms with E-state index in [0.717, 1.165) is 54.6 Å². The first-order chi connectivity index (χ1) is 23.9. The highest BCUT2D eigenvalue weighted by Crippen LogP contribution is 2.48. The molecular weight excluding hydrogens is 520 g/mol. The molecule has 0 amide bonds. The quantitative estimate of drug-likeness (QED) is 0.199. The van der Waals surface area contributed by atoms with Crippen LogP contribution in [0.15, 0.2) is 162 Å². The van der Waals surface area contributed by atoms with E-state index in [1.165, 1.54) is 0 Å². The molecule has 8 aromatic carbocycles. The van der Waals surface area contributed by atoms with Crippen LogP contribution in [0.5, 0.6) is 0 Å². The maximum absolute atomic E-state index is 9.93. The van der Waals surface area contributed by atoms with Crippen molar-refractivity contribution >= 4 is 54.3 Å². The number of rotatable bonds is 3. The Balaban J connectivity index is 1.53. The molecule has 1 nitrogen and oxygen atoms in total. The van der Waals surface area contributed by atoms with Gasteiger partial charge in [-0.15, -0.1) is 0 Å².